The number of nitriles is 1. The quantitative estimate of drug-likeness (QED) is 0.496. The van der Waals surface area contributed by atoms with Crippen LogP contribution in [0.2, 0.25) is 0 Å². The second-order valence-electron chi connectivity index (χ2n) is 8.33. The van der Waals surface area contributed by atoms with Crippen LogP contribution in [0.5, 0.6) is 5.75 Å². The second kappa shape index (κ2) is 10.9. The number of halogens is 1. The summed E-state index contributed by atoms with van der Waals surface area (Å²) < 4.78 is 25.7. The summed E-state index contributed by atoms with van der Waals surface area (Å²) in [5, 5.41) is 16.4. The van der Waals surface area contributed by atoms with E-state index in [1.54, 1.807) is 0 Å². The summed E-state index contributed by atoms with van der Waals surface area (Å²) >= 11 is 0. The van der Waals surface area contributed by atoms with Crippen LogP contribution in [0.15, 0.2) is 40.8 Å². The van der Waals surface area contributed by atoms with Gasteiger partial charge in [0.05, 0.1) is 18.2 Å². The Morgan fingerprint density at radius 3 is 2.63 bits per heavy atom. The lowest BCUT2D eigenvalue weighted by Gasteiger charge is -2.23. The minimum Gasteiger partial charge on any atom is -0.483 e. The SMILES string of the molecule is CCc1ccc(N2CCCC2)cc1OCC(=O)N(Cc1nnc(N)o1)Cc1ccc(C#N)cc1F. The van der Waals surface area contributed by atoms with Crippen LogP contribution in [0.3, 0.4) is 0 Å². The van der Waals surface area contributed by atoms with Crippen molar-refractivity contribution in [2.75, 3.05) is 30.3 Å². The van der Waals surface area contributed by atoms with Gasteiger partial charge in [-0.25, -0.2) is 4.39 Å². The van der Waals surface area contributed by atoms with E-state index < -0.39 is 5.82 Å². The van der Waals surface area contributed by atoms with Crippen LogP contribution in [0.25, 0.3) is 0 Å². The molecule has 0 atom stereocenters. The fraction of sp³-hybridized carbons (Fsp3) is 0.360. The van der Waals surface area contributed by atoms with Crippen molar-refractivity contribution in [2.24, 2.45) is 0 Å². The number of aromatic nitrogens is 2. The van der Waals surface area contributed by atoms with Crippen LogP contribution in [-0.2, 0) is 24.3 Å². The summed E-state index contributed by atoms with van der Waals surface area (Å²) in [5.41, 5.74) is 8.02. The molecule has 1 amide bonds. The first kappa shape index (κ1) is 24.0. The van der Waals surface area contributed by atoms with Crippen molar-refractivity contribution in [3.8, 4) is 11.8 Å². The summed E-state index contributed by atoms with van der Waals surface area (Å²) in [6.45, 7) is 3.64. The molecule has 9 nitrogen and oxygen atoms in total. The standard InChI is InChI=1S/C25H27FN6O3/c1-2-18-7-8-20(31-9-3-4-10-31)12-22(18)34-16-24(33)32(15-23-29-30-25(28)35-23)14-19-6-5-17(13-27)11-21(19)26/h5-8,11-12H,2-4,9-10,14-16H2,1H3,(H2,28,30). The Balaban J connectivity index is 1.52. The second-order valence-corrected chi connectivity index (χ2v) is 8.33. The zero-order chi connectivity index (χ0) is 24.8. The van der Waals surface area contributed by atoms with E-state index in [-0.39, 0.29) is 48.6 Å². The third-order valence-corrected chi connectivity index (χ3v) is 5.96. The summed E-state index contributed by atoms with van der Waals surface area (Å²) in [6.07, 6.45) is 3.07. The van der Waals surface area contributed by atoms with Crippen LogP contribution in [0.1, 0.15) is 42.3 Å². The molecular formula is C25H27FN6O3. The molecule has 1 aromatic heterocycles. The number of nitrogens with zero attached hydrogens (tertiary/aromatic N) is 5. The van der Waals surface area contributed by atoms with E-state index in [1.807, 2.05) is 25.1 Å². The molecule has 0 saturated carbocycles. The zero-order valence-corrected chi connectivity index (χ0v) is 19.5. The molecule has 10 heteroatoms. The number of hydrogen-bond acceptors (Lipinski definition) is 8. The number of benzene rings is 2. The normalized spacial score (nSPS) is 13.0. The molecule has 1 fully saturated rings. The molecule has 2 heterocycles. The third-order valence-electron chi connectivity index (χ3n) is 5.96. The van der Waals surface area contributed by atoms with Crippen molar-refractivity contribution >= 4 is 17.6 Å². The molecule has 0 unspecified atom stereocenters. The highest BCUT2D eigenvalue weighted by molar-refractivity contribution is 5.78. The molecule has 0 spiro atoms. The molecular weight excluding hydrogens is 451 g/mol. The monoisotopic (exact) mass is 478 g/mol. The summed E-state index contributed by atoms with van der Waals surface area (Å²) in [6, 6.07) is 12.0. The number of aryl methyl sites for hydroxylation is 1. The van der Waals surface area contributed by atoms with Gasteiger partial charge >= 0.3 is 6.01 Å². The van der Waals surface area contributed by atoms with Crippen LogP contribution >= 0.6 is 0 Å². The first-order valence-corrected chi connectivity index (χ1v) is 11.5. The van der Waals surface area contributed by atoms with Gasteiger partial charge in [0, 0.05) is 37.0 Å². The third kappa shape index (κ3) is 5.87. The highest BCUT2D eigenvalue weighted by Crippen LogP contribution is 2.29. The average molecular weight is 479 g/mol. The lowest BCUT2D eigenvalue weighted by atomic mass is 10.1. The van der Waals surface area contributed by atoms with Crippen LogP contribution < -0.4 is 15.4 Å². The molecule has 0 aliphatic carbocycles. The van der Waals surface area contributed by atoms with Gasteiger partial charge in [0.15, 0.2) is 6.61 Å². The number of nitrogen functional groups attached to an aromatic ring is 1. The van der Waals surface area contributed by atoms with Crippen molar-refractivity contribution in [1.82, 2.24) is 15.1 Å². The minimum absolute atomic E-state index is 0.0692. The van der Waals surface area contributed by atoms with Gasteiger partial charge in [-0.15, -0.1) is 5.10 Å². The van der Waals surface area contributed by atoms with Crippen molar-refractivity contribution < 1.29 is 18.3 Å². The molecule has 0 bridgehead atoms. The summed E-state index contributed by atoms with van der Waals surface area (Å²) in [5.74, 6) is -0.203. The van der Waals surface area contributed by atoms with Gasteiger partial charge in [-0.05, 0) is 43.0 Å². The van der Waals surface area contributed by atoms with E-state index in [0.717, 1.165) is 49.7 Å². The molecule has 182 valence electrons. The van der Waals surface area contributed by atoms with Crippen molar-refractivity contribution in [3.63, 3.8) is 0 Å². The first-order valence-electron chi connectivity index (χ1n) is 11.5. The number of ether oxygens (including phenoxy) is 1. The molecule has 3 aromatic rings. The molecule has 2 aromatic carbocycles. The number of amides is 1. The lowest BCUT2D eigenvalue weighted by molar-refractivity contribution is -0.135. The van der Waals surface area contributed by atoms with Crippen LogP contribution in [0, 0.1) is 17.1 Å². The molecule has 0 radical (unpaired) electrons. The van der Waals surface area contributed by atoms with E-state index in [1.165, 1.54) is 17.0 Å². The smallest absolute Gasteiger partial charge is 0.312 e. The number of rotatable bonds is 9. The zero-order valence-electron chi connectivity index (χ0n) is 19.5. The predicted molar refractivity (Wildman–Crippen MR) is 127 cm³/mol. The molecule has 35 heavy (non-hydrogen) atoms. The molecule has 2 N–H and O–H groups in total. The van der Waals surface area contributed by atoms with Gasteiger partial charge in [-0.2, -0.15) is 5.26 Å². The summed E-state index contributed by atoms with van der Waals surface area (Å²) in [4.78, 5) is 16.9. The number of carbonyl (C=O) groups is 1. The maximum absolute atomic E-state index is 14.5. The van der Waals surface area contributed by atoms with Crippen molar-refractivity contribution in [3.05, 3.63) is 64.8 Å². The van der Waals surface area contributed by atoms with Crippen LogP contribution in [0.4, 0.5) is 16.1 Å². The maximum Gasteiger partial charge on any atom is 0.312 e. The lowest BCUT2D eigenvalue weighted by Crippen LogP contribution is -2.34. The fourth-order valence-electron chi connectivity index (χ4n) is 4.05. The van der Waals surface area contributed by atoms with E-state index in [2.05, 4.69) is 21.2 Å². The minimum atomic E-state index is -0.584. The fourth-order valence-corrected chi connectivity index (χ4v) is 4.05. The largest absolute Gasteiger partial charge is 0.483 e. The average Bonchev–Trinajstić information content (AvgIpc) is 3.55. The van der Waals surface area contributed by atoms with E-state index in [4.69, 9.17) is 20.1 Å². The molecule has 1 aliphatic rings. The molecule has 1 saturated heterocycles. The van der Waals surface area contributed by atoms with Crippen LogP contribution in [-0.4, -0.2) is 40.7 Å². The van der Waals surface area contributed by atoms with E-state index >= 15 is 0 Å². The number of anilines is 2. The van der Waals surface area contributed by atoms with Gasteiger partial charge in [-0.3, -0.25) is 4.79 Å². The highest BCUT2D eigenvalue weighted by Gasteiger charge is 2.21. The summed E-state index contributed by atoms with van der Waals surface area (Å²) in [7, 11) is 0. The topological polar surface area (TPSA) is 122 Å². The van der Waals surface area contributed by atoms with E-state index in [9.17, 15) is 9.18 Å². The van der Waals surface area contributed by atoms with Crippen molar-refractivity contribution in [1.29, 1.82) is 5.26 Å². The first-order chi connectivity index (χ1) is 17.0. The number of carbonyl (C=O) groups excluding carboxylic acids is 1. The van der Waals surface area contributed by atoms with Gasteiger partial charge in [0.2, 0.25) is 5.89 Å². The Hall–Kier alpha value is -4.13. The van der Waals surface area contributed by atoms with Gasteiger partial charge < -0.3 is 24.7 Å². The number of hydrogen-bond donors (Lipinski definition) is 1. The van der Waals surface area contributed by atoms with Gasteiger partial charge in [0.1, 0.15) is 11.6 Å². The number of nitrogens with two attached hydrogens (primary N) is 1. The molecule has 4 rings (SSSR count). The van der Waals surface area contributed by atoms with Gasteiger partial charge in [-0.1, -0.05) is 24.2 Å². The Kier molecular flexibility index (Phi) is 7.45. The predicted octanol–water partition coefficient (Wildman–Crippen LogP) is 3.43. The van der Waals surface area contributed by atoms with Crippen molar-refractivity contribution in [2.45, 2.75) is 39.3 Å². The maximum atomic E-state index is 14.5. The Morgan fingerprint density at radius 1 is 1.20 bits per heavy atom. The van der Waals surface area contributed by atoms with E-state index in [0.29, 0.717) is 5.75 Å². The molecule has 1 aliphatic heterocycles. The Labute approximate surface area is 202 Å². The highest BCUT2D eigenvalue weighted by atomic mass is 19.1. The van der Waals surface area contributed by atoms with Gasteiger partial charge in [0.25, 0.3) is 5.91 Å². The Morgan fingerprint density at radius 2 is 1.97 bits per heavy atom. The Bertz CT molecular complexity index is 1230.